The summed E-state index contributed by atoms with van der Waals surface area (Å²) in [7, 11) is 0. The predicted octanol–water partition coefficient (Wildman–Crippen LogP) is 4.32. The molecule has 1 aromatic heterocycles. The number of carboxylic acids is 1. The van der Waals surface area contributed by atoms with E-state index >= 15 is 0 Å². The lowest BCUT2D eigenvalue weighted by molar-refractivity contribution is -0.141. The highest BCUT2D eigenvalue weighted by Gasteiger charge is 2.15. The Labute approximate surface area is 156 Å². The number of benzene rings is 1. The number of aryl methyl sites for hydroxylation is 1. The molecule has 0 spiro atoms. The van der Waals surface area contributed by atoms with Crippen molar-refractivity contribution in [2.24, 2.45) is 11.8 Å². The van der Waals surface area contributed by atoms with E-state index in [-0.39, 0.29) is 0 Å². The summed E-state index contributed by atoms with van der Waals surface area (Å²) in [5.41, 5.74) is 2.92. The molecule has 5 nitrogen and oxygen atoms in total. The van der Waals surface area contributed by atoms with E-state index in [2.05, 4.69) is 25.0 Å². The van der Waals surface area contributed by atoms with Gasteiger partial charge in [-0.1, -0.05) is 51.8 Å². The summed E-state index contributed by atoms with van der Waals surface area (Å²) >= 11 is 0. The van der Waals surface area contributed by atoms with Crippen LogP contribution in [0, 0.1) is 18.8 Å². The monoisotopic (exact) mass is 358 g/mol. The van der Waals surface area contributed by atoms with Crippen molar-refractivity contribution in [2.75, 3.05) is 6.61 Å². The summed E-state index contributed by atoms with van der Waals surface area (Å²) in [6.07, 6.45) is 2.67. The fourth-order valence-corrected chi connectivity index (χ4v) is 2.91. The van der Waals surface area contributed by atoms with Gasteiger partial charge in [-0.3, -0.25) is 9.48 Å². The topological polar surface area (TPSA) is 64.4 Å². The lowest BCUT2D eigenvalue weighted by Gasteiger charge is -2.16. The summed E-state index contributed by atoms with van der Waals surface area (Å²) in [6.45, 7) is 9.43. The normalized spacial score (nSPS) is 12.3. The van der Waals surface area contributed by atoms with Crippen molar-refractivity contribution in [1.29, 1.82) is 0 Å². The summed E-state index contributed by atoms with van der Waals surface area (Å²) in [4.78, 5) is 11.1. The van der Waals surface area contributed by atoms with Gasteiger partial charge in [0.25, 0.3) is 0 Å². The van der Waals surface area contributed by atoms with Gasteiger partial charge in [-0.15, -0.1) is 0 Å². The van der Waals surface area contributed by atoms with Crippen LogP contribution in [0.5, 0.6) is 5.75 Å². The van der Waals surface area contributed by atoms with Crippen LogP contribution in [0.4, 0.5) is 0 Å². The highest BCUT2D eigenvalue weighted by Crippen LogP contribution is 2.22. The van der Waals surface area contributed by atoms with Crippen molar-refractivity contribution < 1.29 is 14.6 Å². The van der Waals surface area contributed by atoms with E-state index in [0.717, 1.165) is 42.1 Å². The van der Waals surface area contributed by atoms with Crippen molar-refractivity contribution >= 4 is 5.97 Å². The molecule has 0 amide bonds. The van der Waals surface area contributed by atoms with Gasteiger partial charge in [0.1, 0.15) is 5.75 Å². The summed E-state index contributed by atoms with van der Waals surface area (Å²) in [5.74, 6) is 0.235. The summed E-state index contributed by atoms with van der Waals surface area (Å²) in [5, 5.41) is 13.7. The van der Waals surface area contributed by atoms with Crippen LogP contribution in [-0.2, 0) is 17.8 Å². The quantitative estimate of drug-likeness (QED) is 0.687. The summed E-state index contributed by atoms with van der Waals surface area (Å²) in [6, 6.07) is 10.0. The van der Waals surface area contributed by atoms with Gasteiger partial charge in [-0.25, -0.2) is 0 Å². The lowest BCUT2D eigenvalue weighted by atomic mass is 10.1. The van der Waals surface area contributed by atoms with Crippen molar-refractivity contribution in [3.05, 3.63) is 47.3 Å². The Balaban J connectivity index is 2.11. The van der Waals surface area contributed by atoms with Crippen molar-refractivity contribution in [1.82, 2.24) is 9.78 Å². The molecule has 0 aliphatic heterocycles. The van der Waals surface area contributed by atoms with Gasteiger partial charge < -0.3 is 9.84 Å². The standard InChI is InChI=1S/C21H30N2O3/c1-5-17(6-2)14-26-20-10-8-7-9-18(20)13-23-16(4)12-19(22-23)11-15(3)21(24)25/h7-10,12,15,17H,5-6,11,13-14H2,1-4H3,(H,24,25). The van der Waals surface area contributed by atoms with E-state index in [0.29, 0.717) is 18.9 Å². The van der Waals surface area contributed by atoms with Crippen LogP contribution in [0.3, 0.4) is 0 Å². The molecule has 1 N–H and O–H groups in total. The zero-order valence-electron chi connectivity index (χ0n) is 16.2. The Bertz CT molecular complexity index is 720. The molecular formula is C21H30N2O3. The molecule has 0 aliphatic rings. The van der Waals surface area contributed by atoms with Crippen LogP contribution in [0.2, 0.25) is 0 Å². The molecule has 1 atom stereocenters. The minimum Gasteiger partial charge on any atom is -0.493 e. The van der Waals surface area contributed by atoms with Gasteiger partial charge in [-0.2, -0.15) is 5.10 Å². The SMILES string of the molecule is CCC(CC)COc1ccccc1Cn1nc(CC(C)C(=O)O)cc1C. The van der Waals surface area contributed by atoms with Crippen LogP contribution in [0.15, 0.2) is 30.3 Å². The molecule has 142 valence electrons. The first-order valence-corrected chi connectivity index (χ1v) is 9.41. The molecule has 0 aliphatic carbocycles. The van der Waals surface area contributed by atoms with Gasteiger partial charge in [-0.05, 0) is 25.0 Å². The van der Waals surface area contributed by atoms with Gasteiger partial charge in [0.15, 0.2) is 0 Å². The molecule has 26 heavy (non-hydrogen) atoms. The maximum atomic E-state index is 11.1. The Morgan fingerprint density at radius 3 is 2.62 bits per heavy atom. The zero-order valence-corrected chi connectivity index (χ0v) is 16.2. The van der Waals surface area contributed by atoms with Crippen molar-refractivity contribution in [2.45, 2.75) is 53.5 Å². The number of para-hydroxylation sites is 1. The number of aliphatic carboxylic acids is 1. The van der Waals surface area contributed by atoms with Gasteiger partial charge in [0.05, 0.1) is 24.8 Å². The number of ether oxygens (including phenoxy) is 1. The largest absolute Gasteiger partial charge is 0.493 e. The third-order valence-corrected chi connectivity index (χ3v) is 4.89. The van der Waals surface area contributed by atoms with E-state index in [9.17, 15) is 4.79 Å². The number of hydrogen-bond donors (Lipinski definition) is 1. The number of nitrogens with zero attached hydrogens (tertiary/aromatic N) is 2. The molecule has 0 saturated heterocycles. The molecule has 0 saturated carbocycles. The second-order valence-electron chi connectivity index (χ2n) is 6.98. The molecule has 5 heteroatoms. The average Bonchev–Trinajstić information content (AvgIpc) is 2.96. The fraction of sp³-hybridized carbons (Fsp3) is 0.524. The van der Waals surface area contributed by atoms with Crippen molar-refractivity contribution in [3.63, 3.8) is 0 Å². The first-order valence-electron chi connectivity index (χ1n) is 9.41. The minimum atomic E-state index is -0.794. The molecule has 0 bridgehead atoms. The number of aromatic nitrogens is 2. The molecule has 0 fully saturated rings. The van der Waals surface area contributed by atoms with Crippen LogP contribution < -0.4 is 4.74 Å². The van der Waals surface area contributed by atoms with Gasteiger partial charge in [0, 0.05) is 17.7 Å². The van der Waals surface area contributed by atoms with Gasteiger partial charge >= 0.3 is 5.97 Å². The van der Waals surface area contributed by atoms with E-state index in [4.69, 9.17) is 9.84 Å². The van der Waals surface area contributed by atoms with E-state index < -0.39 is 11.9 Å². The number of rotatable bonds is 10. The first kappa shape index (κ1) is 20.0. The van der Waals surface area contributed by atoms with Crippen LogP contribution >= 0.6 is 0 Å². The average molecular weight is 358 g/mol. The Hall–Kier alpha value is -2.30. The maximum Gasteiger partial charge on any atom is 0.306 e. The minimum absolute atomic E-state index is 0.437. The molecule has 1 aromatic carbocycles. The van der Waals surface area contributed by atoms with Gasteiger partial charge in [0.2, 0.25) is 0 Å². The van der Waals surface area contributed by atoms with E-state index in [1.54, 1.807) is 6.92 Å². The van der Waals surface area contributed by atoms with E-state index in [1.165, 1.54) is 0 Å². The third kappa shape index (κ3) is 5.35. The molecule has 0 radical (unpaired) electrons. The summed E-state index contributed by atoms with van der Waals surface area (Å²) < 4.78 is 8.00. The molecular weight excluding hydrogens is 328 g/mol. The Kier molecular flexibility index (Phi) is 7.25. The first-order chi connectivity index (χ1) is 12.4. The Morgan fingerprint density at radius 2 is 1.96 bits per heavy atom. The molecule has 1 unspecified atom stereocenters. The zero-order chi connectivity index (χ0) is 19.1. The molecule has 1 heterocycles. The van der Waals surface area contributed by atoms with Crippen LogP contribution in [0.1, 0.15) is 50.6 Å². The highest BCUT2D eigenvalue weighted by atomic mass is 16.5. The van der Waals surface area contributed by atoms with E-state index in [1.807, 2.05) is 35.9 Å². The third-order valence-electron chi connectivity index (χ3n) is 4.89. The molecule has 2 aromatic rings. The second kappa shape index (κ2) is 9.41. The fourth-order valence-electron chi connectivity index (χ4n) is 2.91. The van der Waals surface area contributed by atoms with Crippen LogP contribution in [-0.4, -0.2) is 27.5 Å². The van der Waals surface area contributed by atoms with Crippen LogP contribution in [0.25, 0.3) is 0 Å². The number of carboxylic acid groups (broad SMARTS) is 1. The predicted molar refractivity (Wildman–Crippen MR) is 103 cm³/mol. The Morgan fingerprint density at radius 1 is 1.27 bits per heavy atom. The molecule has 2 rings (SSSR count). The maximum absolute atomic E-state index is 11.1. The number of hydrogen-bond acceptors (Lipinski definition) is 3. The van der Waals surface area contributed by atoms with Crippen molar-refractivity contribution in [3.8, 4) is 5.75 Å². The highest BCUT2D eigenvalue weighted by molar-refractivity contribution is 5.69. The second-order valence-corrected chi connectivity index (χ2v) is 6.98. The lowest BCUT2D eigenvalue weighted by Crippen LogP contribution is -2.13. The smallest absolute Gasteiger partial charge is 0.306 e. The number of carbonyl (C=O) groups is 1.